The van der Waals surface area contributed by atoms with E-state index >= 15 is 0 Å². The van der Waals surface area contributed by atoms with Crippen molar-refractivity contribution in [2.45, 2.75) is 31.3 Å². The second kappa shape index (κ2) is 9.95. The number of nitrogens with two attached hydrogens (primary N) is 1. The van der Waals surface area contributed by atoms with E-state index < -0.39 is 16.9 Å². The quantitative estimate of drug-likeness (QED) is 0.383. The van der Waals surface area contributed by atoms with E-state index in [1.54, 1.807) is 24.3 Å². The van der Waals surface area contributed by atoms with Crippen molar-refractivity contribution in [2.24, 2.45) is 5.73 Å². The van der Waals surface area contributed by atoms with Crippen LogP contribution in [0.5, 0.6) is 11.5 Å². The minimum Gasteiger partial charge on any atom is -0.507 e. The standard InChI is InChI=1S/C19H25N3O5S/c1-12(2)27-14-6-4-13(5-7-14)22-28(26)18-10-15(19(20)25)17(24)11-16(18)21-8-3-9-23/h4-7,10-12,21-24H,3,8-9H2,1-2H3,(H2,20,25). The molecule has 0 saturated carbocycles. The van der Waals surface area contributed by atoms with Crippen LogP contribution >= 0.6 is 0 Å². The number of hydrogen-bond acceptors (Lipinski definition) is 6. The van der Waals surface area contributed by atoms with Gasteiger partial charge in [-0.1, -0.05) is 0 Å². The molecule has 0 aliphatic rings. The Morgan fingerprint density at radius 3 is 2.50 bits per heavy atom. The first-order valence-corrected chi connectivity index (χ1v) is 9.93. The maximum atomic E-state index is 12.9. The summed E-state index contributed by atoms with van der Waals surface area (Å²) in [6.45, 7) is 4.23. The summed E-state index contributed by atoms with van der Waals surface area (Å²) in [7, 11) is -1.74. The van der Waals surface area contributed by atoms with Gasteiger partial charge in [0.1, 0.15) is 11.5 Å². The summed E-state index contributed by atoms with van der Waals surface area (Å²) in [6.07, 6.45) is 0.513. The highest BCUT2D eigenvalue weighted by molar-refractivity contribution is 7.86. The number of aliphatic hydroxyl groups is 1. The number of primary amides is 1. The molecule has 0 aliphatic heterocycles. The van der Waals surface area contributed by atoms with Crippen LogP contribution in [0, 0.1) is 0 Å². The van der Waals surface area contributed by atoms with Crippen molar-refractivity contribution in [3.8, 4) is 11.5 Å². The maximum absolute atomic E-state index is 12.9. The molecule has 0 aliphatic carbocycles. The van der Waals surface area contributed by atoms with Gasteiger partial charge in [0, 0.05) is 24.9 Å². The molecule has 1 amide bonds. The largest absolute Gasteiger partial charge is 0.507 e. The van der Waals surface area contributed by atoms with E-state index in [2.05, 4.69) is 10.0 Å². The summed E-state index contributed by atoms with van der Waals surface area (Å²) in [5.41, 5.74) is 6.12. The number of amides is 1. The van der Waals surface area contributed by atoms with Crippen molar-refractivity contribution < 1.29 is 24.0 Å². The van der Waals surface area contributed by atoms with Crippen LogP contribution < -0.4 is 20.5 Å². The van der Waals surface area contributed by atoms with Gasteiger partial charge in [-0.3, -0.25) is 4.79 Å². The van der Waals surface area contributed by atoms with Crippen LogP contribution in [-0.4, -0.2) is 39.6 Å². The molecule has 1 unspecified atom stereocenters. The van der Waals surface area contributed by atoms with Gasteiger partial charge in [0.2, 0.25) is 0 Å². The van der Waals surface area contributed by atoms with E-state index in [9.17, 15) is 14.1 Å². The zero-order valence-corrected chi connectivity index (χ0v) is 16.6. The normalized spacial score (nSPS) is 11.9. The van der Waals surface area contributed by atoms with Crippen molar-refractivity contribution in [1.82, 2.24) is 0 Å². The number of benzene rings is 2. The fraction of sp³-hybridized carbons (Fsp3) is 0.316. The van der Waals surface area contributed by atoms with Crippen molar-refractivity contribution >= 4 is 28.3 Å². The summed E-state index contributed by atoms with van der Waals surface area (Å²) in [5, 5.41) is 21.9. The molecule has 0 fully saturated rings. The van der Waals surface area contributed by atoms with Gasteiger partial charge in [-0.05, 0) is 50.6 Å². The summed E-state index contributed by atoms with van der Waals surface area (Å²) >= 11 is 0. The number of ether oxygens (including phenoxy) is 1. The Labute approximate surface area is 166 Å². The summed E-state index contributed by atoms with van der Waals surface area (Å²) < 4.78 is 21.3. The highest BCUT2D eigenvalue weighted by atomic mass is 32.2. The monoisotopic (exact) mass is 407 g/mol. The minimum absolute atomic E-state index is 0.0141. The third-order valence-electron chi connectivity index (χ3n) is 3.65. The zero-order chi connectivity index (χ0) is 20.7. The van der Waals surface area contributed by atoms with Gasteiger partial charge < -0.3 is 30.7 Å². The smallest absolute Gasteiger partial charge is 0.252 e. The first-order chi connectivity index (χ1) is 13.3. The Bertz CT molecular complexity index is 840. The third kappa shape index (κ3) is 5.86. The number of phenols is 1. The van der Waals surface area contributed by atoms with Gasteiger partial charge in [-0.25, -0.2) is 4.21 Å². The number of rotatable bonds is 10. The van der Waals surface area contributed by atoms with Crippen LogP contribution in [0.15, 0.2) is 41.3 Å². The summed E-state index contributed by atoms with van der Waals surface area (Å²) in [6, 6.07) is 9.55. The van der Waals surface area contributed by atoms with Gasteiger partial charge in [-0.2, -0.15) is 0 Å². The second-order valence-corrected chi connectivity index (χ2v) is 7.48. The number of aliphatic hydroxyl groups excluding tert-OH is 1. The molecule has 152 valence electrons. The van der Waals surface area contributed by atoms with Crippen molar-refractivity contribution in [2.75, 3.05) is 23.2 Å². The average Bonchev–Trinajstić information content (AvgIpc) is 2.63. The molecule has 0 aromatic heterocycles. The topological polar surface area (TPSA) is 134 Å². The highest BCUT2D eigenvalue weighted by Crippen LogP contribution is 2.30. The van der Waals surface area contributed by atoms with E-state index in [-0.39, 0.29) is 28.9 Å². The SMILES string of the molecule is CC(C)Oc1ccc(NS(=O)c2cc(C(N)=O)c(O)cc2NCCCO)cc1. The molecule has 1 atom stereocenters. The van der Waals surface area contributed by atoms with Gasteiger partial charge in [-0.15, -0.1) is 0 Å². The van der Waals surface area contributed by atoms with E-state index in [1.807, 2.05) is 13.8 Å². The number of anilines is 2. The summed E-state index contributed by atoms with van der Waals surface area (Å²) in [4.78, 5) is 11.8. The molecular weight excluding hydrogens is 382 g/mol. The van der Waals surface area contributed by atoms with Crippen LogP contribution in [0.25, 0.3) is 0 Å². The molecule has 0 heterocycles. The van der Waals surface area contributed by atoms with Gasteiger partial charge >= 0.3 is 0 Å². The first-order valence-electron chi connectivity index (χ1n) is 8.78. The molecule has 2 aromatic rings. The molecule has 2 aromatic carbocycles. The van der Waals surface area contributed by atoms with Crippen molar-refractivity contribution in [3.05, 3.63) is 42.0 Å². The Morgan fingerprint density at radius 1 is 1.25 bits per heavy atom. The van der Waals surface area contributed by atoms with Crippen LogP contribution in [0.3, 0.4) is 0 Å². The Morgan fingerprint density at radius 2 is 1.93 bits per heavy atom. The minimum atomic E-state index is -1.74. The van der Waals surface area contributed by atoms with E-state index in [4.69, 9.17) is 15.6 Å². The van der Waals surface area contributed by atoms with Gasteiger partial charge in [0.25, 0.3) is 5.91 Å². The molecule has 8 nitrogen and oxygen atoms in total. The maximum Gasteiger partial charge on any atom is 0.252 e. The summed E-state index contributed by atoms with van der Waals surface area (Å²) in [5.74, 6) is -0.443. The fourth-order valence-corrected chi connectivity index (χ4v) is 3.41. The number of nitrogens with one attached hydrogen (secondary N) is 2. The van der Waals surface area contributed by atoms with Crippen LogP contribution in [0.2, 0.25) is 0 Å². The molecular formula is C19H25N3O5S. The van der Waals surface area contributed by atoms with Gasteiger partial charge in [0.05, 0.1) is 22.3 Å². The van der Waals surface area contributed by atoms with Crippen LogP contribution in [0.1, 0.15) is 30.6 Å². The lowest BCUT2D eigenvalue weighted by atomic mass is 10.1. The molecule has 0 spiro atoms. The highest BCUT2D eigenvalue weighted by Gasteiger charge is 2.17. The third-order valence-corrected chi connectivity index (χ3v) is 4.81. The molecule has 28 heavy (non-hydrogen) atoms. The molecule has 6 N–H and O–H groups in total. The predicted molar refractivity (Wildman–Crippen MR) is 109 cm³/mol. The number of aromatic hydroxyl groups is 1. The lowest BCUT2D eigenvalue weighted by Gasteiger charge is -2.15. The second-order valence-electron chi connectivity index (χ2n) is 6.30. The Hall–Kier alpha value is -2.78. The molecule has 2 rings (SSSR count). The lowest BCUT2D eigenvalue weighted by molar-refractivity contribution is 0.0997. The first kappa shape index (κ1) is 21.5. The van der Waals surface area contributed by atoms with E-state index in [1.165, 1.54) is 12.1 Å². The van der Waals surface area contributed by atoms with Crippen LogP contribution in [-0.2, 0) is 11.0 Å². The Balaban J connectivity index is 2.26. The zero-order valence-electron chi connectivity index (χ0n) is 15.8. The molecule has 0 saturated heterocycles. The van der Waals surface area contributed by atoms with E-state index in [0.29, 0.717) is 30.1 Å². The van der Waals surface area contributed by atoms with Crippen molar-refractivity contribution in [3.63, 3.8) is 0 Å². The number of carbonyl (C=O) groups is 1. The fourth-order valence-electron chi connectivity index (χ4n) is 2.40. The molecule has 0 bridgehead atoms. The lowest BCUT2D eigenvalue weighted by Crippen LogP contribution is -2.15. The predicted octanol–water partition coefficient (Wildman–Crippen LogP) is 2.21. The number of hydrogen-bond donors (Lipinski definition) is 5. The average molecular weight is 407 g/mol. The van der Waals surface area contributed by atoms with Crippen LogP contribution in [0.4, 0.5) is 11.4 Å². The van der Waals surface area contributed by atoms with E-state index in [0.717, 1.165) is 0 Å². The molecule has 9 heteroatoms. The van der Waals surface area contributed by atoms with Crippen molar-refractivity contribution in [1.29, 1.82) is 0 Å². The Kier molecular flexibility index (Phi) is 7.65. The van der Waals surface area contributed by atoms with Gasteiger partial charge in [0.15, 0.2) is 11.0 Å². The number of carbonyl (C=O) groups excluding carboxylic acids is 1. The molecule has 0 radical (unpaired) electrons.